The molecule has 1 aromatic rings. The molecule has 0 aliphatic carbocycles. The van der Waals surface area contributed by atoms with Gasteiger partial charge in [0, 0.05) is 4.47 Å². The van der Waals surface area contributed by atoms with Gasteiger partial charge < -0.3 is 10.0 Å². The maximum absolute atomic E-state index is 12.8. The van der Waals surface area contributed by atoms with Crippen molar-refractivity contribution in [3.63, 3.8) is 0 Å². The molecule has 12 heavy (non-hydrogen) atoms. The van der Waals surface area contributed by atoms with Crippen molar-refractivity contribution < 1.29 is 14.4 Å². The highest BCUT2D eigenvalue weighted by Gasteiger charge is 2.16. The van der Waals surface area contributed by atoms with Gasteiger partial charge in [-0.2, -0.15) is 0 Å². The summed E-state index contributed by atoms with van der Waals surface area (Å²) < 4.78 is 13.6. The Balaban J connectivity index is 3.23. The molecule has 0 aliphatic heterocycles. The van der Waals surface area contributed by atoms with Crippen molar-refractivity contribution in [2.24, 2.45) is 0 Å². The van der Waals surface area contributed by atoms with Crippen LogP contribution in [-0.4, -0.2) is 17.2 Å². The summed E-state index contributed by atoms with van der Waals surface area (Å²) in [5.74, 6) is -0.527. The summed E-state index contributed by atoms with van der Waals surface area (Å²) in [6, 6.07) is 2.48. The highest BCUT2D eigenvalue weighted by molar-refractivity contribution is 9.11. The molecule has 0 fully saturated rings. The summed E-state index contributed by atoms with van der Waals surface area (Å²) in [5.41, 5.74) is 0.107. The summed E-state index contributed by atoms with van der Waals surface area (Å²) in [6.45, 7) is 0. The largest absolute Gasteiger partial charge is 0.489 e. The smallest absolute Gasteiger partial charge is 0.423 e. The summed E-state index contributed by atoms with van der Waals surface area (Å²) in [4.78, 5) is 0. The molecule has 0 heterocycles. The molecule has 0 bridgehead atoms. The van der Waals surface area contributed by atoms with Crippen LogP contribution in [0, 0.1) is 5.82 Å². The average molecular weight is 298 g/mol. The quantitative estimate of drug-likeness (QED) is 0.600. The molecule has 2 nitrogen and oxygen atoms in total. The maximum Gasteiger partial charge on any atom is 0.489 e. The van der Waals surface area contributed by atoms with Crippen molar-refractivity contribution in [2.45, 2.75) is 0 Å². The molecule has 1 rings (SSSR count). The van der Waals surface area contributed by atoms with Crippen molar-refractivity contribution in [1.82, 2.24) is 0 Å². The molecular formula is C6H4BBr2FO2. The van der Waals surface area contributed by atoms with Crippen molar-refractivity contribution in [3.8, 4) is 0 Å². The van der Waals surface area contributed by atoms with Crippen molar-refractivity contribution in [3.05, 3.63) is 26.9 Å². The molecule has 0 saturated heterocycles. The average Bonchev–Trinajstić information content (AvgIpc) is 1.96. The molecule has 2 N–H and O–H groups in total. The van der Waals surface area contributed by atoms with Crippen LogP contribution in [0.5, 0.6) is 0 Å². The Kier molecular flexibility index (Phi) is 3.28. The number of benzene rings is 1. The highest BCUT2D eigenvalue weighted by atomic mass is 79.9. The summed E-state index contributed by atoms with van der Waals surface area (Å²) in [5, 5.41) is 17.5. The first-order valence-electron chi connectivity index (χ1n) is 3.03. The Morgan fingerprint density at radius 1 is 1.17 bits per heavy atom. The molecule has 64 valence electrons. The predicted octanol–water partition coefficient (Wildman–Crippen LogP) is 1.03. The van der Waals surface area contributed by atoms with Gasteiger partial charge in [-0.05, 0) is 33.5 Å². The zero-order valence-corrected chi connectivity index (χ0v) is 8.93. The molecule has 0 saturated carbocycles. The van der Waals surface area contributed by atoms with Gasteiger partial charge in [0.15, 0.2) is 0 Å². The Labute approximate surface area is 85.8 Å². The molecule has 0 spiro atoms. The van der Waals surface area contributed by atoms with E-state index in [-0.39, 0.29) is 9.94 Å². The molecule has 0 amide bonds. The first-order chi connectivity index (χ1) is 5.52. The molecule has 0 unspecified atom stereocenters. The lowest BCUT2D eigenvalue weighted by atomic mass is 9.80. The summed E-state index contributed by atoms with van der Waals surface area (Å²) in [6.07, 6.45) is 0. The van der Waals surface area contributed by atoms with Gasteiger partial charge >= 0.3 is 7.12 Å². The van der Waals surface area contributed by atoms with E-state index in [1.807, 2.05) is 0 Å². The minimum absolute atomic E-state index is 0.107. The van der Waals surface area contributed by atoms with E-state index in [1.165, 1.54) is 6.07 Å². The second kappa shape index (κ2) is 3.87. The van der Waals surface area contributed by atoms with Crippen LogP contribution in [0.4, 0.5) is 4.39 Å². The third kappa shape index (κ3) is 2.07. The minimum atomic E-state index is -1.66. The molecule has 1 aromatic carbocycles. The van der Waals surface area contributed by atoms with E-state index >= 15 is 0 Å². The fraction of sp³-hybridized carbons (Fsp3) is 0. The first-order valence-corrected chi connectivity index (χ1v) is 4.61. The van der Waals surface area contributed by atoms with Gasteiger partial charge in [-0.1, -0.05) is 15.9 Å². The lowest BCUT2D eigenvalue weighted by molar-refractivity contribution is 0.425. The van der Waals surface area contributed by atoms with E-state index in [4.69, 9.17) is 10.0 Å². The molecule has 0 aromatic heterocycles. The highest BCUT2D eigenvalue weighted by Crippen LogP contribution is 2.19. The van der Waals surface area contributed by atoms with Crippen LogP contribution in [0.15, 0.2) is 21.1 Å². The topological polar surface area (TPSA) is 40.5 Å². The molecular weight excluding hydrogens is 294 g/mol. The second-order valence-corrected chi connectivity index (χ2v) is 3.87. The minimum Gasteiger partial charge on any atom is -0.423 e. The Hall–Kier alpha value is 0.0949. The fourth-order valence-corrected chi connectivity index (χ4v) is 1.93. The Bertz CT molecular complexity index is 306. The third-order valence-electron chi connectivity index (χ3n) is 1.32. The number of halogens is 3. The monoisotopic (exact) mass is 296 g/mol. The number of rotatable bonds is 1. The van der Waals surface area contributed by atoms with Gasteiger partial charge in [-0.3, -0.25) is 0 Å². The Morgan fingerprint density at radius 3 is 2.25 bits per heavy atom. The van der Waals surface area contributed by atoms with Crippen LogP contribution in [-0.2, 0) is 0 Å². The van der Waals surface area contributed by atoms with Crippen molar-refractivity contribution >= 4 is 44.4 Å². The van der Waals surface area contributed by atoms with E-state index in [9.17, 15) is 4.39 Å². The first kappa shape index (κ1) is 10.2. The van der Waals surface area contributed by atoms with Gasteiger partial charge in [0.2, 0.25) is 0 Å². The van der Waals surface area contributed by atoms with Gasteiger partial charge in [-0.15, -0.1) is 0 Å². The van der Waals surface area contributed by atoms with Gasteiger partial charge in [0.25, 0.3) is 0 Å². The van der Waals surface area contributed by atoms with E-state index in [0.717, 1.165) is 6.07 Å². The number of hydrogen-bond acceptors (Lipinski definition) is 2. The Morgan fingerprint density at radius 2 is 1.75 bits per heavy atom. The van der Waals surface area contributed by atoms with Crippen molar-refractivity contribution in [2.75, 3.05) is 0 Å². The van der Waals surface area contributed by atoms with Gasteiger partial charge in [0.05, 0.1) is 4.47 Å². The second-order valence-electron chi connectivity index (χ2n) is 2.16. The lowest BCUT2D eigenvalue weighted by Gasteiger charge is -2.03. The summed E-state index contributed by atoms with van der Waals surface area (Å²) >= 11 is 6.03. The molecule has 0 radical (unpaired) electrons. The van der Waals surface area contributed by atoms with Crippen LogP contribution >= 0.6 is 31.9 Å². The molecule has 0 atom stereocenters. The number of hydrogen-bond donors (Lipinski definition) is 2. The van der Waals surface area contributed by atoms with E-state index in [1.54, 1.807) is 0 Å². The van der Waals surface area contributed by atoms with E-state index in [0.29, 0.717) is 4.47 Å². The van der Waals surface area contributed by atoms with Crippen LogP contribution in [0.25, 0.3) is 0 Å². The normalized spacial score (nSPS) is 10.1. The predicted molar refractivity (Wildman–Crippen MR) is 51.6 cm³/mol. The van der Waals surface area contributed by atoms with Crippen LogP contribution in [0.2, 0.25) is 0 Å². The zero-order valence-electron chi connectivity index (χ0n) is 5.76. The zero-order chi connectivity index (χ0) is 9.30. The van der Waals surface area contributed by atoms with Crippen molar-refractivity contribution in [1.29, 1.82) is 0 Å². The lowest BCUT2D eigenvalue weighted by Crippen LogP contribution is -2.31. The van der Waals surface area contributed by atoms with E-state index < -0.39 is 12.9 Å². The van der Waals surface area contributed by atoms with E-state index in [2.05, 4.69) is 31.9 Å². The maximum atomic E-state index is 12.8. The third-order valence-corrected chi connectivity index (χ3v) is 2.61. The van der Waals surface area contributed by atoms with Crippen LogP contribution < -0.4 is 5.46 Å². The fourth-order valence-electron chi connectivity index (χ4n) is 0.736. The van der Waals surface area contributed by atoms with Gasteiger partial charge in [0.1, 0.15) is 5.82 Å². The van der Waals surface area contributed by atoms with Gasteiger partial charge in [-0.25, -0.2) is 4.39 Å². The van der Waals surface area contributed by atoms with Crippen LogP contribution in [0.1, 0.15) is 0 Å². The summed E-state index contributed by atoms with van der Waals surface area (Å²) in [7, 11) is -1.66. The van der Waals surface area contributed by atoms with Crippen LogP contribution in [0.3, 0.4) is 0 Å². The SMILES string of the molecule is OB(O)c1cc(F)c(Br)cc1Br. The molecule has 0 aliphatic rings. The molecule has 6 heteroatoms. The standard InChI is InChI=1S/C6H4BBr2FO2/c8-4-2-5(9)6(10)1-3(4)7(11)12/h1-2,11-12H.